The van der Waals surface area contributed by atoms with Gasteiger partial charge in [-0.05, 0) is 37.3 Å². The van der Waals surface area contributed by atoms with E-state index >= 15 is 0 Å². The molecule has 0 spiro atoms. The number of methoxy groups -OCH3 is 1. The highest BCUT2D eigenvalue weighted by Crippen LogP contribution is 2.43. The number of benzene rings is 3. The van der Waals surface area contributed by atoms with E-state index in [0.717, 1.165) is 15.4 Å². The van der Waals surface area contributed by atoms with Gasteiger partial charge < -0.3 is 15.4 Å². The van der Waals surface area contributed by atoms with Crippen molar-refractivity contribution in [2.45, 2.75) is 11.8 Å². The number of para-hydroxylation sites is 1. The third-order valence-electron chi connectivity index (χ3n) is 5.49. The van der Waals surface area contributed by atoms with E-state index in [2.05, 4.69) is 10.6 Å². The first-order valence-corrected chi connectivity index (χ1v) is 12.2. The summed E-state index contributed by atoms with van der Waals surface area (Å²) in [6.07, 6.45) is 0. The molecule has 1 heterocycles. The zero-order chi connectivity index (χ0) is 24.3. The van der Waals surface area contributed by atoms with Gasteiger partial charge in [-0.3, -0.25) is 13.9 Å². The second-order valence-electron chi connectivity index (χ2n) is 7.87. The Bertz CT molecular complexity index is 1350. The molecule has 0 aliphatic carbocycles. The Morgan fingerprint density at radius 2 is 1.71 bits per heavy atom. The number of nitrogens with zero attached hydrogens (tertiary/aromatic N) is 1. The fraction of sp³-hybridized carbons (Fsp3) is 0.200. The molecule has 0 fully saturated rings. The van der Waals surface area contributed by atoms with Crippen LogP contribution in [0.2, 0.25) is 0 Å². The molecule has 2 N–H and O–H groups in total. The maximum atomic E-state index is 13.4. The largest absolute Gasteiger partial charge is 0.383 e. The predicted molar refractivity (Wildman–Crippen MR) is 130 cm³/mol. The van der Waals surface area contributed by atoms with Gasteiger partial charge in [-0.2, -0.15) is 0 Å². The number of hydrogen-bond acceptors (Lipinski definition) is 5. The van der Waals surface area contributed by atoms with Crippen molar-refractivity contribution in [1.29, 1.82) is 0 Å². The molecule has 0 saturated heterocycles. The molecule has 1 aliphatic heterocycles. The van der Waals surface area contributed by atoms with Crippen LogP contribution in [0.3, 0.4) is 0 Å². The number of sulfonamides is 1. The minimum atomic E-state index is -3.96. The number of hydrogen-bond donors (Lipinski definition) is 2. The lowest BCUT2D eigenvalue weighted by atomic mass is 10.0. The Morgan fingerprint density at radius 1 is 0.971 bits per heavy atom. The van der Waals surface area contributed by atoms with Crippen LogP contribution in [0.25, 0.3) is 11.1 Å². The standard InChI is InChI=1S/C25H25N3O5S/c1-17-11-12-22-20(15-17)18-7-4-6-10-23(18)34(31,32)28(22)16-24(29)27-21-9-5-3-8-19(21)25(30)26-13-14-33-2/h3-12,15H,13-14,16H2,1-2H3,(H,26,30)(H,27,29). The molecule has 0 aromatic heterocycles. The molecular weight excluding hydrogens is 454 g/mol. The van der Waals surface area contributed by atoms with Crippen LogP contribution in [0, 0.1) is 6.92 Å². The summed E-state index contributed by atoms with van der Waals surface area (Å²) in [6, 6.07) is 18.7. The summed E-state index contributed by atoms with van der Waals surface area (Å²) in [6.45, 7) is 2.16. The first kappa shape index (κ1) is 23.5. The van der Waals surface area contributed by atoms with E-state index in [9.17, 15) is 18.0 Å². The fourth-order valence-electron chi connectivity index (χ4n) is 3.89. The van der Waals surface area contributed by atoms with Crippen LogP contribution in [-0.2, 0) is 19.6 Å². The molecule has 4 rings (SSSR count). The third-order valence-corrected chi connectivity index (χ3v) is 7.31. The zero-order valence-electron chi connectivity index (χ0n) is 18.9. The lowest BCUT2D eigenvalue weighted by Gasteiger charge is -2.32. The van der Waals surface area contributed by atoms with Gasteiger partial charge in [0.15, 0.2) is 0 Å². The van der Waals surface area contributed by atoms with Crippen LogP contribution < -0.4 is 14.9 Å². The van der Waals surface area contributed by atoms with Crippen LogP contribution in [0.1, 0.15) is 15.9 Å². The Kier molecular flexibility index (Phi) is 6.67. The van der Waals surface area contributed by atoms with Crippen molar-refractivity contribution in [1.82, 2.24) is 5.32 Å². The van der Waals surface area contributed by atoms with E-state index in [1.165, 1.54) is 7.11 Å². The molecule has 3 aromatic carbocycles. The fourth-order valence-corrected chi connectivity index (χ4v) is 5.54. The minimum absolute atomic E-state index is 0.152. The van der Waals surface area contributed by atoms with Gasteiger partial charge in [0, 0.05) is 24.8 Å². The quantitative estimate of drug-likeness (QED) is 0.507. The van der Waals surface area contributed by atoms with Crippen LogP contribution >= 0.6 is 0 Å². The molecular formula is C25H25N3O5S. The number of ether oxygens (including phenoxy) is 1. The third kappa shape index (κ3) is 4.52. The topological polar surface area (TPSA) is 105 Å². The van der Waals surface area contributed by atoms with Crippen molar-refractivity contribution in [3.8, 4) is 11.1 Å². The van der Waals surface area contributed by atoms with Crippen molar-refractivity contribution < 1.29 is 22.7 Å². The number of nitrogens with one attached hydrogen (secondary N) is 2. The number of anilines is 2. The lowest BCUT2D eigenvalue weighted by molar-refractivity contribution is -0.114. The smallest absolute Gasteiger partial charge is 0.265 e. The summed E-state index contributed by atoms with van der Waals surface area (Å²) >= 11 is 0. The molecule has 1 aliphatic rings. The van der Waals surface area contributed by atoms with Gasteiger partial charge in [0.1, 0.15) is 6.54 Å². The molecule has 3 aromatic rings. The first-order chi connectivity index (χ1) is 16.3. The van der Waals surface area contributed by atoms with Crippen molar-refractivity contribution in [3.63, 3.8) is 0 Å². The van der Waals surface area contributed by atoms with Crippen molar-refractivity contribution in [2.75, 3.05) is 36.4 Å². The molecule has 9 heteroatoms. The van der Waals surface area contributed by atoms with Gasteiger partial charge in [0.05, 0.1) is 28.4 Å². The van der Waals surface area contributed by atoms with E-state index < -0.39 is 22.5 Å². The average Bonchev–Trinajstić information content (AvgIpc) is 2.82. The highest BCUT2D eigenvalue weighted by atomic mass is 32.2. The van der Waals surface area contributed by atoms with Gasteiger partial charge in [0.2, 0.25) is 5.91 Å². The highest BCUT2D eigenvalue weighted by molar-refractivity contribution is 7.93. The van der Waals surface area contributed by atoms with Crippen LogP contribution in [0.5, 0.6) is 0 Å². The zero-order valence-corrected chi connectivity index (χ0v) is 19.7. The number of amides is 2. The first-order valence-electron chi connectivity index (χ1n) is 10.7. The van der Waals surface area contributed by atoms with Gasteiger partial charge >= 0.3 is 0 Å². The molecule has 0 unspecified atom stereocenters. The van der Waals surface area contributed by atoms with Crippen molar-refractivity contribution in [3.05, 3.63) is 77.9 Å². The molecule has 0 atom stereocenters. The van der Waals surface area contributed by atoms with E-state index in [-0.39, 0.29) is 16.4 Å². The molecule has 176 valence electrons. The van der Waals surface area contributed by atoms with Crippen LogP contribution in [-0.4, -0.2) is 47.0 Å². The summed E-state index contributed by atoms with van der Waals surface area (Å²) in [5.74, 6) is -0.931. The maximum absolute atomic E-state index is 13.4. The van der Waals surface area contributed by atoms with Crippen LogP contribution in [0.4, 0.5) is 11.4 Å². The van der Waals surface area contributed by atoms with Gasteiger partial charge in [-0.15, -0.1) is 0 Å². The van der Waals surface area contributed by atoms with E-state index in [1.54, 1.807) is 54.6 Å². The monoisotopic (exact) mass is 479 g/mol. The molecule has 8 nitrogen and oxygen atoms in total. The SMILES string of the molecule is COCCNC(=O)c1ccccc1NC(=O)CN1c2ccc(C)cc2-c2ccccc2S1(=O)=O. The Balaban J connectivity index is 1.62. The number of rotatable bonds is 7. The number of aryl methyl sites for hydroxylation is 1. The maximum Gasteiger partial charge on any atom is 0.265 e. The van der Waals surface area contributed by atoms with E-state index in [0.29, 0.717) is 30.1 Å². The Morgan fingerprint density at radius 3 is 2.50 bits per heavy atom. The normalized spacial score (nSPS) is 13.5. The Hall–Kier alpha value is -3.69. The van der Waals surface area contributed by atoms with E-state index in [4.69, 9.17) is 4.74 Å². The molecule has 0 bridgehead atoms. The number of fused-ring (bicyclic) bond motifs is 3. The highest BCUT2D eigenvalue weighted by Gasteiger charge is 2.36. The average molecular weight is 480 g/mol. The van der Waals surface area contributed by atoms with Crippen molar-refractivity contribution >= 4 is 33.2 Å². The lowest BCUT2D eigenvalue weighted by Crippen LogP contribution is -2.40. The van der Waals surface area contributed by atoms with Gasteiger partial charge in [-0.1, -0.05) is 42.0 Å². The second-order valence-corrected chi connectivity index (χ2v) is 9.70. The molecule has 34 heavy (non-hydrogen) atoms. The summed E-state index contributed by atoms with van der Waals surface area (Å²) in [7, 11) is -2.42. The number of carbonyl (C=O) groups is 2. The van der Waals surface area contributed by atoms with Gasteiger partial charge in [0.25, 0.3) is 15.9 Å². The summed E-state index contributed by atoms with van der Waals surface area (Å²) in [4.78, 5) is 25.7. The summed E-state index contributed by atoms with van der Waals surface area (Å²) < 4.78 is 32.9. The van der Waals surface area contributed by atoms with E-state index in [1.807, 2.05) is 19.1 Å². The predicted octanol–water partition coefficient (Wildman–Crippen LogP) is 3.19. The molecule has 2 amide bonds. The minimum Gasteiger partial charge on any atom is -0.383 e. The summed E-state index contributed by atoms with van der Waals surface area (Å²) in [5, 5.41) is 5.41. The van der Waals surface area contributed by atoms with Crippen molar-refractivity contribution in [2.24, 2.45) is 0 Å². The summed E-state index contributed by atoms with van der Waals surface area (Å²) in [5.41, 5.74) is 3.33. The van der Waals surface area contributed by atoms with Crippen LogP contribution in [0.15, 0.2) is 71.6 Å². The molecule has 0 saturated carbocycles. The second kappa shape index (κ2) is 9.66. The Labute approximate surface area is 198 Å². The number of carbonyl (C=O) groups excluding carboxylic acids is 2. The van der Waals surface area contributed by atoms with Gasteiger partial charge in [-0.25, -0.2) is 8.42 Å². The molecule has 0 radical (unpaired) electrons.